The maximum Gasteiger partial charge on any atom is 0.137 e. The van der Waals surface area contributed by atoms with E-state index in [1.807, 2.05) is 19.3 Å². The minimum atomic E-state index is 0.512. The van der Waals surface area contributed by atoms with Gasteiger partial charge < -0.3 is 4.98 Å². The average Bonchev–Trinajstić information content (AvgIpc) is 2.77. The number of allylic oxidation sites excluding steroid dienone is 1. The standard InChI is InChI=1S/C13H16N2.C3H8/c1-4-5-10-8-15-13-11(6-7-14-13)12(10)9(2)3;1-3-2/h4-9H,1-3H3,(H,14,15);3H2,1-2H3/b5-4-;. The summed E-state index contributed by atoms with van der Waals surface area (Å²) in [5.74, 6) is 0.512. The van der Waals surface area contributed by atoms with Crippen LogP contribution < -0.4 is 0 Å². The van der Waals surface area contributed by atoms with Gasteiger partial charge in [-0.15, -0.1) is 0 Å². The normalized spacial score (nSPS) is 11.0. The zero-order valence-electron chi connectivity index (χ0n) is 12.1. The van der Waals surface area contributed by atoms with Crippen molar-refractivity contribution in [3.63, 3.8) is 0 Å². The van der Waals surface area contributed by atoms with E-state index in [0.29, 0.717) is 5.92 Å². The first kappa shape index (κ1) is 14.5. The van der Waals surface area contributed by atoms with E-state index < -0.39 is 0 Å². The fourth-order valence-electron chi connectivity index (χ4n) is 2.00. The molecule has 0 aliphatic rings. The maximum atomic E-state index is 4.40. The van der Waals surface area contributed by atoms with Crippen LogP contribution in [0.4, 0.5) is 0 Å². The van der Waals surface area contributed by atoms with Gasteiger partial charge in [0.15, 0.2) is 0 Å². The van der Waals surface area contributed by atoms with E-state index in [-0.39, 0.29) is 0 Å². The van der Waals surface area contributed by atoms with Crippen molar-refractivity contribution in [2.45, 2.75) is 47.0 Å². The maximum absolute atomic E-state index is 4.40. The van der Waals surface area contributed by atoms with Gasteiger partial charge in [-0.3, -0.25) is 0 Å². The van der Waals surface area contributed by atoms with Gasteiger partial charge in [0.05, 0.1) is 0 Å². The van der Waals surface area contributed by atoms with Crippen LogP contribution in [0.3, 0.4) is 0 Å². The number of nitrogens with one attached hydrogen (secondary N) is 1. The second kappa shape index (κ2) is 7.00. The molecule has 1 N–H and O–H groups in total. The number of aromatic amines is 1. The Morgan fingerprint density at radius 1 is 1.33 bits per heavy atom. The van der Waals surface area contributed by atoms with Gasteiger partial charge in [0.1, 0.15) is 5.65 Å². The Balaban J connectivity index is 0.000000492. The molecule has 0 aromatic carbocycles. The number of hydrogen-bond donors (Lipinski definition) is 1. The largest absolute Gasteiger partial charge is 0.346 e. The summed E-state index contributed by atoms with van der Waals surface area (Å²) >= 11 is 0. The smallest absolute Gasteiger partial charge is 0.137 e. The van der Waals surface area contributed by atoms with E-state index in [2.05, 4.69) is 55.9 Å². The molecule has 0 spiro atoms. The van der Waals surface area contributed by atoms with Gasteiger partial charge in [-0.1, -0.05) is 46.3 Å². The van der Waals surface area contributed by atoms with Gasteiger partial charge in [-0.25, -0.2) is 4.98 Å². The molecule has 2 aromatic rings. The fourth-order valence-corrected chi connectivity index (χ4v) is 2.00. The molecule has 0 radical (unpaired) electrons. The van der Waals surface area contributed by atoms with Crippen LogP contribution in [0, 0.1) is 0 Å². The lowest BCUT2D eigenvalue weighted by atomic mass is 9.96. The summed E-state index contributed by atoms with van der Waals surface area (Å²) in [7, 11) is 0. The monoisotopic (exact) mass is 244 g/mol. The lowest BCUT2D eigenvalue weighted by molar-refractivity contribution is 0.871. The number of aromatic nitrogens is 2. The van der Waals surface area contributed by atoms with Crippen LogP contribution in [-0.4, -0.2) is 9.97 Å². The molecule has 0 aliphatic heterocycles. The van der Waals surface area contributed by atoms with Crippen molar-refractivity contribution in [3.05, 3.63) is 35.7 Å². The van der Waals surface area contributed by atoms with Crippen molar-refractivity contribution >= 4 is 17.1 Å². The van der Waals surface area contributed by atoms with Gasteiger partial charge in [0.2, 0.25) is 0 Å². The third-order valence-corrected chi connectivity index (χ3v) is 2.58. The lowest BCUT2D eigenvalue weighted by Crippen LogP contribution is -1.94. The number of hydrogen-bond acceptors (Lipinski definition) is 1. The molecular weight excluding hydrogens is 220 g/mol. The van der Waals surface area contributed by atoms with E-state index in [1.54, 1.807) is 0 Å². The Morgan fingerprint density at radius 3 is 2.56 bits per heavy atom. The zero-order valence-corrected chi connectivity index (χ0v) is 12.1. The first-order valence-corrected chi connectivity index (χ1v) is 6.74. The second-order valence-electron chi connectivity index (χ2n) is 4.73. The molecule has 0 amide bonds. The summed E-state index contributed by atoms with van der Waals surface area (Å²) in [6, 6.07) is 2.10. The molecule has 0 aliphatic carbocycles. The molecule has 0 bridgehead atoms. The van der Waals surface area contributed by atoms with Crippen LogP contribution >= 0.6 is 0 Å². The molecular formula is C16H24N2. The van der Waals surface area contributed by atoms with Crippen molar-refractivity contribution in [2.75, 3.05) is 0 Å². The fraction of sp³-hybridized carbons (Fsp3) is 0.438. The van der Waals surface area contributed by atoms with Gasteiger partial charge in [0, 0.05) is 17.8 Å². The average molecular weight is 244 g/mol. The number of fused-ring (bicyclic) bond motifs is 1. The first-order chi connectivity index (χ1) is 8.65. The van der Waals surface area contributed by atoms with Crippen LogP contribution in [0.15, 0.2) is 24.5 Å². The Morgan fingerprint density at radius 2 is 2.00 bits per heavy atom. The van der Waals surface area contributed by atoms with Crippen molar-refractivity contribution < 1.29 is 0 Å². The molecule has 18 heavy (non-hydrogen) atoms. The highest BCUT2D eigenvalue weighted by molar-refractivity contribution is 5.83. The van der Waals surface area contributed by atoms with E-state index >= 15 is 0 Å². The molecule has 0 saturated heterocycles. The Hall–Kier alpha value is -1.57. The molecule has 2 heterocycles. The molecule has 2 nitrogen and oxygen atoms in total. The number of pyridine rings is 1. The Labute approximate surface area is 110 Å². The predicted octanol–water partition coefficient (Wildman–Crippen LogP) is 5.14. The van der Waals surface area contributed by atoms with Crippen LogP contribution in [-0.2, 0) is 0 Å². The summed E-state index contributed by atoms with van der Waals surface area (Å²) in [4.78, 5) is 7.54. The predicted molar refractivity (Wildman–Crippen MR) is 80.9 cm³/mol. The highest BCUT2D eigenvalue weighted by atomic mass is 14.8. The zero-order chi connectivity index (χ0) is 13.5. The van der Waals surface area contributed by atoms with Crippen molar-refractivity contribution in [3.8, 4) is 0 Å². The van der Waals surface area contributed by atoms with Gasteiger partial charge in [0.25, 0.3) is 0 Å². The molecule has 0 unspecified atom stereocenters. The van der Waals surface area contributed by atoms with Crippen molar-refractivity contribution in [1.29, 1.82) is 0 Å². The summed E-state index contributed by atoms with van der Waals surface area (Å²) in [5, 5.41) is 1.24. The van der Waals surface area contributed by atoms with Crippen LogP contribution in [0.2, 0.25) is 0 Å². The number of H-pyrrole nitrogens is 1. The van der Waals surface area contributed by atoms with Crippen LogP contribution in [0.5, 0.6) is 0 Å². The van der Waals surface area contributed by atoms with E-state index in [0.717, 1.165) is 5.65 Å². The van der Waals surface area contributed by atoms with Crippen molar-refractivity contribution in [2.24, 2.45) is 0 Å². The topological polar surface area (TPSA) is 28.7 Å². The molecule has 0 saturated carbocycles. The lowest BCUT2D eigenvalue weighted by Gasteiger charge is -2.10. The van der Waals surface area contributed by atoms with Crippen LogP contribution in [0.1, 0.15) is 58.1 Å². The van der Waals surface area contributed by atoms with E-state index in [9.17, 15) is 0 Å². The van der Waals surface area contributed by atoms with Gasteiger partial charge >= 0.3 is 0 Å². The minimum Gasteiger partial charge on any atom is -0.346 e. The number of nitrogens with zero attached hydrogens (tertiary/aromatic N) is 1. The molecule has 0 atom stereocenters. The van der Waals surface area contributed by atoms with Gasteiger partial charge in [-0.2, -0.15) is 0 Å². The highest BCUT2D eigenvalue weighted by Crippen LogP contribution is 2.27. The molecule has 98 valence electrons. The minimum absolute atomic E-state index is 0.512. The SMILES string of the molecule is C/C=C\c1cnc2[nH]ccc2c1C(C)C.CCC. The third kappa shape index (κ3) is 3.22. The summed E-state index contributed by atoms with van der Waals surface area (Å²) < 4.78 is 0. The molecule has 2 heteroatoms. The quantitative estimate of drug-likeness (QED) is 0.779. The van der Waals surface area contributed by atoms with Crippen LogP contribution in [0.25, 0.3) is 17.1 Å². The molecule has 0 fully saturated rings. The first-order valence-electron chi connectivity index (χ1n) is 6.74. The summed E-state index contributed by atoms with van der Waals surface area (Å²) in [5.41, 5.74) is 3.57. The second-order valence-corrected chi connectivity index (χ2v) is 4.73. The van der Waals surface area contributed by atoms with Crippen molar-refractivity contribution in [1.82, 2.24) is 9.97 Å². The summed E-state index contributed by atoms with van der Waals surface area (Å²) in [6.45, 7) is 10.7. The highest BCUT2D eigenvalue weighted by Gasteiger charge is 2.10. The van der Waals surface area contributed by atoms with E-state index in [4.69, 9.17) is 0 Å². The summed E-state index contributed by atoms with van der Waals surface area (Å²) in [6.07, 6.45) is 9.31. The Kier molecular flexibility index (Phi) is 5.63. The number of rotatable bonds is 2. The Bertz CT molecular complexity index is 507. The third-order valence-electron chi connectivity index (χ3n) is 2.58. The molecule has 2 aromatic heterocycles. The molecule has 2 rings (SSSR count). The van der Waals surface area contributed by atoms with Gasteiger partial charge in [-0.05, 0) is 30.0 Å². The van der Waals surface area contributed by atoms with E-state index in [1.165, 1.54) is 22.9 Å².